The molecule has 0 aliphatic carbocycles. The highest BCUT2D eigenvalue weighted by atomic mass is 79.9. The molecule has 0 aliphatic heterocycles. The van der Waals surface area contributed by atoms with Gasteiger partial charge in [0.25, 0.3) is 0 Å². The van der Waals surface area contributed by atoms with Crippen molar-refractivity contribution in [2.45, 2.75) is 19.5 Å². The molecule has 0 aromatic heterocycles. The molecule has 20 heavy (non-hydrogen) atoms. The molecule has 4 heteroatoms. The Labute approximate surface area is 133 Å². The van der Waals surface area contributed by atoms with Gasteiger partial charge in [0.2, 0.25) is 0 Å². The standard InChI is InChI=1S/C16H17BrClNO/c1-11(13-4-6-14(20-2)7-5-13)19-10-12-3-8-16(18)15(17)9-12/h3-9,11,19H,10H2,1-2H3/t11-/m0/s1. The molecule has 106 valence electrons. The van der Waals surface area contributed by atoms with E-state index in [2.05, 4.69) is 40.3 Å². The third-order valence-corrected chi connectivity index (χ3v) is 4.43. The molecule has 0 unspecified atom stereocenters. The Morgan fingerprint density at radius 3 is 2.50 bits per heavy atom. The Kier molecular flexibility index (Phi) is 5.46. The highest BCUT2D eigenvalue weighted by Gasteiger charge is 2.06. The smallest absolute Gasteiger partial charge is 0.118 e. The van der Waals surface area contributed by atoms with Crippen LogP contribution in [0.15, 0.2) is 46.9 Å². The quantitative estimate of drug-likeness (QED) is 0.819. The van der Waals surface area contributed by atoms with Crippen LogP contribution in [0.25, 0.3) is 0 Å². The Morgan fingerprint density at radius 2 is 1.90 bits per heavy atom. The highest BCUT2D eigenvalue weighted by molar-refractivity contribution is 9.10. The molecule has 0 fully saturated rings. The molecular formula is C16H17BrClNO. The van der Waals surface area contributed by atoms with Crippen LogP contribution in [0, 0.1) is 0 Å². The summed E-state index contributed by atoms with van der Waals surface area (Å²) < 4.78 is 6.09. The number of hydrogen-bond donors (Lipinski definition) is 1. The van der Waals surface area contributed by atoms with Gasteiger partial charge in [-0.15, -0.1) is 0 Å². The minimum Gasteiger partial charge on any atom is -0.497 e. The first-order valence-electron chi connectivity index (χ1n) is 6.41. The number of methoxy groups -OCH3 is 1. The lowest BCUT2D eigenvalue weighted by Crippen LogP contribution is -2.18. The van der Waals surface area contributed by atoms with Crippen molar-refractivity contribution >= 4 is 27.5 Å². The zero-order chi connectivity index (χ0) is 14.5. The SMILES string of the molecule is COc1ccc([C@H](C)NCc2ccc(Cl)c(Br)c2)cc1. The van der Waals surface area contributed by atoms with E-state index in [0.29, 0.717) is 0 Å². The van der Waals surface area contributed by atoms with E-state index in [1.807, 2.05) is 30.3 Å². The molecule has 2 nitrogen and oxygen atoms in total. The third-order valence-electron chi connectivity index (χ3n) is 3.21. The van der Waals surface area contributed by atoms with Crippen molar-refractivity contribution in [1.29, 1.82) is 0 Å². The van der Waals surface area contributed by atoms with Gasteiger partial charge >= 0.3 is 0 Å². The van der Waals surface area contributed by atoms with Crippen LogP contribution in [0.2, 0.25) is 5.02 Å². The molecule has 2 aromatic carbocycles. The lowest BCUT2D eigenvalue weighted by Gasteiger charge is -2.15. The molecule has 0 bridgehead atoms. The minimum atomic E-state index is 0.273. The summed E-state index contributed by atoms with van der Waals surface area (Å²) in [5, 5.41) is 4.23. The van der Waals surface area contributed by atoms with Gasteiger partial charge < -0.3 is 10.1 Å². The first kappa shape index (κ1) is 15.4. The topological polar surface area (TPSA) is 21.3 Å². The summed E-state index contributed by atoms with van der Waals surface area (Å²) in [7, 11) is 1.68. The van der Waals surface area contributed by atoms with E-state index in [1.165, 1.54) is 11.1 Å². The molecule has 0 heterocycles. The average Bonchev–Trinajstić information content (AvgIpc) is 2.48. The van der Waals surface area contributed by atoms with Crippen LogP contribution in [0.4, 0.5) is 0 Å². The van der Waals surface area contributed by atoms with Crippen molar-refractivity contribution in [2.75, 3.05) is 7.11 Å². The summed E-state index contributed by atoms with van der Waals surface area (Å²) >= 11 is 9.43. The largest absolute Gasteiger partial charge is 0.497 e. The number of nitrogens with one attached hydrogen (secondary N) is 1. The maximum Gasteiger partial charge on any atom is 0.118 e. The van der Waals surface area contributed by atoms with Crippen molar-refractivity contribution < 1.29 is 4.74 Å². The van der Waals surface area contributed by atoms with Crippen molar-refractivity contribution in [2.24, 2.45) is 0 Å². The second kappa shape index (κ2) is 7.11. The first-order chi connectivity index (χ1) is 9.60. The van der Waals surface area contributed by atoms with E-state index >= 15 is 0 Å². The molecule has 0 saturated carbocycles. The summed E-state index contributed by atoms with van der Waals surface area (Å²) in [6, 6.07) is 14.4. The Bertz CT molecular complexity index is 571. The molecule has 2 rings (SSSR count). The van der Waals surface area contributed by atoms with Crippen molar-refractivity contribution in [3.8, 4) is 5.75 Å². The maximum absolute atomic E-state index is 5.99. The summed E-state index contributed by atoms with van der Waals surface area (Å²) in [6.07, 6.45) is 0. The summed E-state index contributed by atoms with van der Waals surface area (Å²) in [5.74, 6) is 0.877. The number of halogens is 2. The van der Waals surface area contributed by atoms with E-state index in [1.54, 1.807) is 7.11 Å². The molecule has 0 radical (unpaired) electrons. The van der Waals surface area contributed by atoms with Crippen molar-refractivity contribution in [1.82, 2.24) is 5.32 Å². The molecule has 2 aromatic rings. The predicted octanol–water partition coefficient (Wildman–Crippen LogP) is 4.96. The Hall–Kier alpha value is -1.03. The normalized spacial score (nSPS) is 12.2. The molecule has 1 N–H and O–H groups in total. The lowest BCUT2D eigenvalue weighted by molar-refractivity contribution is 0.414. The van der Waals surface area contributed by atoms with Gasteiger partial charge in [-0.3, -0.25) is 0 Å². The van der Waals surface area contributed by atoms with Crippen LogP contribution >= 0.6 is 27.5 Å². The predicted molar refractivity (Wildman–Crippen MR) is 87.4 cm³/mol. The monoisotopic (exact) mass is 353 g/mol. The highest BCUT2D eigenvalue weighted by Crippen LogP contribution is 2.24. The van der Waals surface area contributed by atoms with Gasteiger partial charge in [-0.1, -0.05) is 29.8 Å². The summed E-state index contributed by atoms with van der Waals surface area (Å²) in [4.78, 5) is 0. The van der Waals surface area contributed by atoms with Gasteiger partial charge in [0, 0.05) is 17.1 Å². The minimum absolute atomic E-state index is 0.273. The zero-order valence-electron chi connectivity index (χ0n) is 11.5. The molecular weight excluding hydrogens is 338 g/mol. The number of hydrogen-bond acceptors (Lipinski definition) is 2. The molecule has 0 saturated heterocycles. The van der Waals surface area contributed by atoms with Crippen LogP contribution in [-0.4, -0.2) is 7.11 Å². The first-order valence-corrected chi connectivity index (χ1v) is 7.58. The van der Waals surface area contributed by atoms with Gasteiger partial charge in [0.1, 0.15) is 5.75 Å². The van der Waals surface area contributed by atoms with E-state index in [-0.39, 0.29) is 6.04 Å². The van der Waals surface area contributed by atoms with E-state index in [4.69, 9.17) is 16.3 Å². The second-order valence-electron chi connectivity index (χ2n) is 4.62. The van der Waals surface area contributed by atoms with Crippen LogP contribution in [0.5, 0.6) is 5.75 Å². The van der Waals surface area contributed by atoms with Gasteiger partial charge in [-0.2, -0.15) is 0 Å². The van der Waals surface area contributed by atoms with Crippen molar-refractivity contribution in [3.63, 3.8) is 0 Å². The van der Waals surface area contributed by atoms with Crippen LogP contribution in [0.3, 0.4) is 0 Å². The van der Waals surface area contributed by atoms with E-state index in [0.717, 1.165) is 21.8 Å². The molecule has 0 aliphatic rings. The van der Waals surface area contributed by atoms with E-state index < -0.39 is 0 Å². The molecule has 1 atom stereocenters. The van der Waals surface area contributed by atoms with Crippen LogP contribution in [-0.2, 0) is 6.54 Å². The summed E-state index contributed by atoms with van der Waals surface area (Å²) in [6.45, 7) is 2.94. The fourth-order valence-corrected chi connectivity index (χ4v) is 2.47. The molecule has 0 spiro atoms. The Morgan fingerprint density at radius 1 is 1.20 bits per heavy atom. The van der Waals surface area contributed by atoms with Gasteiger partial charge in [-0.25, -0.2) is 0 Å². The van der Waals surface area contributed by atoms with E-state index in [9.17, 15) is 0 Å². The van der Waals surface area contributed by atoms with Crippen molar-refractivity contribution in [3.05, 3.63) is 63.1 Å². The van der Waals surface area contributed by atoms with Gasteiger partial charge in [0.15, 0.2) is 0 Å². The zero-order valence-corrected chi connectivity index (χ0v) is 13.8. The fraction of sp³-hybridized carbons (Fsp3) is 0.250. The maximum atomic E-state index is 5.99. The molecule has 0 amide bonds. The fourth-order valence-electron chi connectivity index (χ4n) is 1.93. The summed E-state index contributed by atoms with van der Waals surface area (Å²) in [5.41, 5.74) is 2.43. The lowest BCUT2D eigenvalue weighted by atomic mass is 10.1. The third kappa shape index (κ3) is 3.98. The van der Waals surface area contributed by atoms with Gasteiger partial charge in [0.05, 0.1) is 12.1 Å². The average molecular weight is 355 g/mol. The Balaban J connectivity index is 1.96. The van der Waals surface area contributed by atoms with Gasteiger partial charge in [-0.05, 0) is 58.2 Å². The van der Waals surface area contributed by atoms with Crippen LogP contribution < -0.4 is 10.1 Å². The number of rotatable bonds is 5. The number of ether oxygens (including phenoxy) is 1. The second-order valence-corrected chi connectivity index (χ2v) is 5.89. The number of benzene rings is 2. The van der Waals surface area contributed by atoms with Crippen LogP contribution in [0.1, 0.15) is 24.1 Å².